The van der Waals surface area contributed by atoms with Gasteiger partial charge in [0.25, 0.3) is 0 Å². The molecule has 0 amide bonds. The molecule has 11 heteroatoms. The third-order valence-electron chi connectivity index (χ3n) is 14.4. The summed E-state index contributed by atoms with van der Waals surface area (Å²) in [4.78, 5) is 33.8. The van der Waals surface area contributed by atoms with E-state index in [1.807, 2.05) is 0 Å². The molecule has 0 radical (unpaired) electrons. The molecule has 424 valence electrons. The fraction of sp³-hybridized carbons (Fsp3) is 0.967. The summed E-state index contributed by atoms with van der Waals surface area (Å²) in [5.41, 5.74) is 5.40. The molecule has 0 aliphatic heterocycles. The average molecular weight is 1030 g/mol. The number of carbonyl (C=O) groups is 2. The van der Waals surface area contributed by atoms with E-state index in [9.17, 15) is 19.0 Å². The number of hydrogen-bond acceptors (Lipinski definition) is 8. The van der Waals surface area contributed by atoms with Crippen molar-refractivity contribution in [2.24, 2.45) is 5.73 Å². The molecule has 4 N–H and O–H groups in total. The highest BCUT2D eigenvalue weighted by molar-refractivity contribution is 7.47. The van der Waals surface area contributed by atoms with Gasteiger partial charge in [0.2, 0.25) is 0 Å². The normalized spacial score (nSPS) is 13.4. The monoisotopic (exact) mass is 1030 g/mol. The van der Waals surface area contributed by atoms with Gasteiger partial charge in [-0.25, -0.2) is 4.57 Å². The van der Waals surface area contributed by atoms with Crippen LogP contribution >= 0.6 is 7.82 Å². The van der Waals surface area contributed by atoms with Crippen molar-refractivity contribution in [1.82, 2.24) is 0 Å². The van der Waals surface area contributed by atoms with Crippen molar-refractivity contribution in [3.8, 4) is 0 Å². The van der Waals surface area contributed by atoms with E-state index in [1.54, 1.807) is 0 Å². The number of rotatable bonds is 61. The molecule has 0 spiro atoms. The van der Waals surface area contributed by atoms with Crippen LogP contribution in [-0.4, -0.2) is 60.5 Å². The number of carboxylic acid groups (broad SMARTS) is 1. The number of phosphoric ester groups is 1. The minimum atomic E-state index is -4.62. The summed E-state index contributed by atoms with van der Waals surface area (Å²) >= 11 is 0. The van der Waals surface area contributed by atoms with Crippen LogP contribution in [0.25, 0.3) is 0 Å². The summed E-state index contributed by atoms with van der Waals surface area (Å²) in [5, 5.41) is 8.96. The number of ether oxygens (including phenoxy) is 2. The summed E-state index contributed by atoms with van der Waals surface area (Å²) in [7, 11) is -4.62. The Labute approximate surface area is 440 Å². The SMILES string of the molecule is CCCCCCCCCCCCCCCCCCCCCCCCCCCCCCCC(=O)O[C@H](COCCCCCCCCCCCCCCCCCCCCCC)COP(=O)(O)OC[C@H](N)C(=O)O. The topological polar surface area (TPSA) is 155 Å². The fourth-order valence-corrected chi connectivity index (χ4v) is 10.4. The number of carbonyl (C=O) groups excluding carboxylic acids is 1. The van der Waals surface area contributed by atoms with E-state index in [2.05, 4.69) is 13.8 Å². The molecular formula is C60H120NO9P. The van der Waals surface area contributed by atoms with Gasteiger partial charge in [-0.3, -0.25) is 18.6 Å². The van der Waals surface area contributed by atoms with E-state index in [-0.39, 0.29) is 13.0 Å². The Hall–Kier alpha value is -1.03. The van der Waals surface area contributed by atoms with Gasteiger partial charge in [0.1, 0.15) is 12.1 Å². The number of phosphoric acid groups is 1. The number of hydrogen-bond donors (Lipinski definition) is 3. The van der Waals surface area contributed by atoms with Crippen LogP contribution in [0.15, 0.2) is 0 Å². The maximum absolute atomic E-state index is 12.8. The second kappa shape index (κ2) is 56.7. The highest BCUT2D eigenvalue weighted by Crippen LogP contribution is 2.43. The maximum Gasteiger partial charge on any atom is 0.472 e. The molecule has 0 aromatic carbocycles. The molecule has 0 aliphatic rings. The Morgan fingerprint density at radius 3 is 0.930 bits per heavy atom. The van der Waals surface area contributed by atoms with Gasteiger partial charge in [-0.15, -0.1) is 0 Å². The average Bonchev–Trinajstić information content (AvgIpc) is 3.35. The molecule has 0 aromatic heterocycles. The van der Waals surface area contributed by atoms with Gasteiger partial charge >= 0.3 is 19.8 Å². The lowest BCUT2D eigenvalue weighted by Gasteiger charge is -2.20. The van der Waals surface area contributed by atoms with Gasteiger partial charge in [0, 0.05) is 13.0 Å². The second-order valence-electron chi connectivity index (χ2n) is 21.6. The number of esters is 1. The van der Waals surface area contributed by atoms with Gasteiger partial charge in [-0.2, -0.15) is 0 Å². The highest BCUT2D eigenvalue weighted by atomic mass is 31.2. The zero-order chi connectivity index (χ0) is 51.8. The number of carboxylic acids is 1. The van der Waals surface area contributed by atoms with Crippen molar-refractivity contribution in [1.29, 1.82) is 0 Å². The smallest absolute Gasteiger partial charge is 0.472 e. The summed E-state index contributed by atoms with van der Waals surface area (Å²) in [6.07, 6.45) is 64.8. The van der Waals surface area contributed by atoms with Crippen LogP contribution in [0.1, 0.15) is 335 Å². The van der Waals surface area contributed by atoms with Crippen molar-refractivity contribution in [3.63, 3.8) is 0 Å². The maximum atomic E-state index is 12.8. The Morgan fingerprint density at radius 2 is 0.648 bits per heavy atom. The van der Waals surface area contributed by atoms with Gasteiger partial charge in [-0.1, -0.05) is 316 Å². The van der Waals surface area contributed by atoms with Crippen LogP contribution in [0.5, 0.6) is 0 Å². The molecule has 1 unspecified atom stereocenters. The van der Waals surface area contributed by atoms with Crippen LogP contribution in [0.3, 0.4) is 0 Å². The molecule has 10 nitrogen and oxygen atoms in total. The van der Waals surface area contributed by atoms with Crippen molar-refractivity contribution in [2.75, 3.05) is 26.4 Å². The fourth-order valence-electron chi connectivity index (χ4n) is 9.61. The standard InChI is InChI=1S/C60H120NO9P/c1-3-5-7-9-11-13-15-17-19-21-23-25-26-27-28-29-30-31-32-33-34-36-38-40-42-44-46-48-50-52-59(62)70-57(55-68-71(65,66)69-56-58(61)60(63)64)54-67-53-51-49-47-45-43-41-39-37-35-24-22-20-18-16-14-12-10-8-6-4-2/h57-58H,3-56,61H2,1-2H3,(H,63,64)(H,65,66)/t57-,58+/m1/s1. The molecule has 0 bridgehead atoms. The minimum Gasteiger partial charge on any atom is -0.480 e. The van der Waals surface area contributed by atoms with E-state index in [0.717, 1.165) is 38.5 Å². The van der Waals surface area contributed by atoms with E-state index in [0.29, 0.717) is 6.61 Å². The predicted molar refractivity (Wildman–Crippen MR) is 300 cm³/mol. The van der Waals surface area contributed by atoms with E-state index in [1.165, 1.54) is 276 Å². The van der Waals surface area contributed by atoms with Crippen LogP contribution in [0.4, 0.5) is 0 Å². The molecule has 0 saturated heterocycles. The molecule has 0 fully saturated rings. The Balaban J connectivity index is 3.93. The first kappa shape index (κ1) is 70.0. The second-order valence-corrected chi connectivity index (χ2v) is 23.0. The lowest BCUT2D eigenvalue weighted by atomic mass is 10.0. The van der Waals surface area contributed by atoms with Crippen molar-refractivity contribution < 1.29 is 42.7 Å². The lowest BCUT2D eigenvalue weighted by Crippen LogP contribution is -2.34. The summed E-state index contributed by atoms with van der Waals surface area (Å²) in [5.74, 6) is -1.76. The zero-order valence-corrected chi connectivity index (χ0v) is 48.0. The molecule has 0 heterocycles. The highest BCUT2D eigenvalue weighted by Gasteiger charge is 2.27. The van der Waals surface area contributed by atoms with Crippen molar-refractivity contribution in [2.45, 2.75) is 347 Å². The molecular weight excluding hydrogens is 910 g/mol. The van der Waals surface area contributed by atoms with Gasteiger partial charge in [-0.05, 0) is 12.8 Å². The quantitative estimate of drug-likeness (QED) is 0.0305. The Morgan fingerprint density at radius 1 is 0.394 bits per heavy atom. The molecule has 0 aromatic rings. The summed E-state index contributed by atoms with van der Waals surface area (Å²) < 4.78 is 33.7. The number of aliphatic carboxylic acids is 1. The number of unbranched alkanes of at least 4 members (excludes halogenated alkanes) is 47. The third kappa shape index (κ3) is 56.5. The summed E-state index contributed by atoms with van der Waals surface area (Å²) in [6, 6.07) is -1.47. The molecule has 0 aliphatic carbocycles. The van der Waals surface area contributed by atoms with E-state index in [4.69, 9.17) is 29.4 Å². The van der Waals surface area contributed by atoms with E-state index >= 15 is 0 Å². The van der Waals surface area contributed by atoms with Crippen LogP contribution < -0.4 is 5.73 Å². The predicted octanol–water partition coefficient (Wildman–Crippen LogP) is 19.0. The van der Waals surface area contributed by atoms with Gasteiger partial charge in [0.15, 0.2) is 0 Å². The molecule has 3 atom stereocenters. The van der Waals surface area contributed by atoms with Gasteiger partial charge in [0.05, 0.1) is 19.8 Å². The molecule has 71 heavy (non-hydrogen) atoms. The summed E-state index contributed by atoms with van der Waals surface area (Å²) in [6.45, 7) is 3.99. The van der Waals surface area contributed by atoms with Crippen molar-refractivity contribution >= 4 is 19.8 Å². The lowest BCUT2D eigenvalue weighted by molar-refractivity contribution is -0.154. The van der Waals surface area contributed by atoms with Crippen LogP contribution in [0, 0.1) is 0 Å². The van der Waals surface area contributed by atoms with Crippen LogP contribution in [0.2, 0.25) is 0 Å². The van der Waals surface area contributed by atoms with Crippen LogP contribution in [-0.2, 0) is 32.7 Å². The van der Waals surface area contributed by atoms with E-state index < -0.39 is 45.1 Å². The first-order valence-electron chi connectivity index (χ1n) is 31.1. The molecule has 0 rings (SSSR count). The Kier molecular flexibility index (Phi) is 55.9. The zero-order valence-electron chi connectivity index (χ0n) is 47.1. The third-order valence-corrected chi connectivity index (χ3v) is 15.3. The minimum absolute atomic E-state index is 0.0269. The first-order chi connectivity index (χ1) is 34.7. The Bertz CT molecular complexity index is 1150. The van der Waals surface area contributed by atoms with Gasteiger partial charge < -0.3 is 25.2 Å². The van der Waals surface area contributed by atoms with Crippen molar-refractivity contribution in [3.05, 3.63) is 0 Å². The first-order valence-corrected chi connectivity index (χ1v) is 32.6. The largest absolute Gasteiger partial charge is 0.480 e. The molecule has 0 saturated carbocycles. The number of nitrogens with two attached hydrogens (primary N) is 1.